The van der Waals surface area contributed by atoms with E-state index in [0.29, 0.717) is 23.6 Å². The Morgan fingerprint density at radius 2 is 2.00 bits per heavy atom. The van der Waals surface area contributed by atoms with Gasteiger partial charge in [-0.1, -0.05) is 35.6 Å². The third-order valence-electron chi connectivity index (χ3n) is 2.90. The van der Waals surface area contributed by atoms with Gasteiger partial charge in [0.2, 0.25) is 0 Å². The number of ether oxygens (including phenoxy) is 1. The number of halogens is 1. The molecule has 0 bridgehead atoms. The number of rotatable bonds is 3. The molecular weight excluding hydrogens is 286 g/mol. The molecule has 0 atom stereocenters. The molecule has 0 amide bonds. The zero-order chi connectivity index (χ0) is 15.1. The SMILES string of the molecule is COC(=O)CCc1ccc(C#Cc2cccnc2Cl)cc1. The second-order valence-corrected chi connectivity index (χ2v) is 4.72. The molecule has 1 heterocycles. The molecule has 0 N–H and O–H groups in total. The molecule has 0 saturated carbocycles. The molecule has 2 rings (SSSR count). The molecule has 0 radical (unpaired) electrons. The van der Waals surface area contributed by atoms with Crippen molar-refractivity contribution in [2.45, 2.75) is 12.8 Å². The van der Waals surface area contributed by atoms with Crippen LogP contribution >= 0.6 is 11.6 Å². The number of hydrogen-bond acceptors (Lipinski definition) is 3. The lowest BCUT2D eigenvalue weighted by atomic mass is 10.1. The van der Waals surface area contributed by atoms with Gasteiger partial charge >= 0.3 is 5.97 Å². The number of esters is 1. The fraction of sp³-hybridized carbons (Fsp3) is 0.176. The second kappa shape index (κ2) is 7.47. The summed E-state index contributed by atoms with van der Waals surface area (Å²) in [7, 11) is 1.39. The number of nitrogens with zero attached hydrogens (tertiary/aromatic N) is 1. The maximum Gasteiger partial charge on any atom is 0.305 e. The Morgan fingerprint density at radius 3 is 2.67 bits per heavy atom. The number of carbonyl (C=O) groups excluding carboxylic acids is 1. The molecule has 1 aromatic carbocycles. The Balaban J connectivity index is 2.03. The smallest absolute Gasteiger partial charge is 0.305 e. The molecule has 2 aromatic rings. The van der Waals surface area contributed by atoms with Crippen molar-refractivity contribution < 1.29 is 9.53 Å². The number of pyridine rings is 1. The standard InChI is InChI=1S/C17H14ClNO2/c1-21-16(20)11-9-14-6-4-13(5-7-14)8-10-15-3-2-12-19-17(15)18/h2-7,12H,9,11H2,1H3. The minimum absolute atomic E-state index is 0.204. The predicted molar refractivity (Wildman–Crippen MR) is 82.0 cm³/mol. The number of hydrogen-bond donors (Lipinski definition) is 0. The van der Waals surface area contributed by atoms with Crippen LogP contribution in [0.5, 0.6) is 0 Å². The van der Waals surface area contributed by atoms with E-state index in [9.17, 15) is 4.79 Å². The number of aromatic nitrogens is 1. The fourth-order valence-corrected chi connectivity index (χ4v) is 1.89. The summed E-state index contributed by atoms with van der Waals surface area (Å²) in [5, 5.41) is 0.402. The van der Waals surface area contributed by atoms with Crippen LogP contribution in [0.3, 0.4) is 0 Å². The van der Waals surface area contributed by atoms with Gasteiger partial charge in [0.1, 0.15) is 5.15 Å². The quantitative estimate of drug-likeness (QED) is 0.496. The number of carbonyl (C=O) groups is 1. The zero-order valence-electron chi connectivity index (χ0n) is 11.6. The van der Waals surface area contributed by atoms with Gasteiger partial charge < -0.3 is 4.74 Å². The molecule has 21 heavy (non-hydrogen) atoms. The van der Waals surface area contributed by atoms with Crippen LogP contribution in [0.1, 0.15) is 23.1 Å². The molecule has 0 aliphatic carbocycles. The second-order valence-electron chi connectivity index (χ2n) is 4.36. The van der Waals surface area contributed by atoms with Crippen LogP contribution < -0.4 is 0 Å². The number of methoxy groups -OCH3 is 1. The molecule has 0 aliphatic rings. The highest BCUT2D eigenvalue weighted by Crippen LogP contribution is 2.10. The van der Waals surface area contributed by atoms with Crippen LogP contribution in [0.25, 0.3) is 0 Å². The van der Waals surface area contributed by atoms with Crippen LogP contribution in [0.15, 0.2) is 42.6 Å². The number of aryl methyl sites for hydroxylation is 1. The van der Waals surface area contributed by atoms with Crippen molar-refractivity contribution >= 4 is 17.6 Å². The summed E-state index contributed by atoms with van der Waals surface area (Å²) in [6, 6.07) is 11.4. The Bertz CT molecular complexity index is 684. The van der Waals surface area contributed by atoms with Gasteiger partial charge in [-0.2, -0.15) is 0 Å². The lowest BCUT2D eigenvalue weighted by Gasteiger charge is -2.00. The maximum absolute atomic E-state index is 11.1. The van der Waals surface area contributed by atoms with Crippen LogP contribution in [0.2, 0.25) is 5.15 Å². The minimum Gasteiger partial charge on any atom is -0.469 e. The number of benzene rings is 1. The Hall–Kier alpha value is -2.31. The Kier molecular flexibility index (Phi) is 5.36. The van der Waals surface area contributed by atoms with Crippen LogP contribution in [-0.2, 0) is 16.0 Å². The van der Waals surface area contributed by atoms with Gasteiger partial charge in [0, 0.05) is 18.2 Å². The van der Waals surface area contributed by atoms with E-state index in [0.717, 1.165) is 11.1 Å². The molecule has 0 unspecified atom stereocenters. The third kappa shape index (κ3) is 4.62. The van der Waals surface area contributed by atoms with E-state index in [-0.39, 0.29) is 5.97 Å². The van der Waals surface area contributed by atoms with Gasteiger partial charge in [0.25, 0.3) is 0 Å². The molecule has 1 aromatic heterocycles. The van der Waals surface area contributed by atoms with Crippen molar-refractivity contribution in [3.8, 4) is 11.8 Å². The molecule has 3 nitrogen and oxygen atoms in total. The average molecular weight is 300 g/mol. The maximum atomic E-state index is 11.1. The van der Waals surface area contributed by atoms with Gasteiger partial charge in [-0.05, 0) is 36.2 Å². The summed E-state index contributed by atoms with van der Waals surface area (Å²) in [4.78, 5) is 15.1. The van der Waals surface area contributed by atoms with E-state index in [1.54, 1.807) is 12.3 Å². The lowest BCUT2D eigenvalue weighted by Crippen LogP contribution is -2.01. The summed E-state index contributed by atoms with van der Waals surface area (Å²) in [6.45, 7) is 0. The van der Waals surface area contributed by atoms with E-state index in [1.165, 1.54) is 7.11 Å². The van der Waals surface area contributed by atoms with Crippen molar-refractivity contribution in [3.05, 3.63) is 64.4 Å². The van der Waals surface area contributed by atoms with Gasteiger partial charge in [-0.3, -0.25) is 4.79 Å². The molecule has 0 spiro atoms. The summed E-state index contributed by atoms with van der Waals surface area (Å²) < 4.78 is 4.61. The van der Waals surface area contributed by atoms with Gasteiger partial charge in [-0.25, -0.2) is 4.98 Å². The normalized spacial score (nSPS) is 9.62. The van der Waals surface area contributed by atoms with Gasteiger partial charge in [-0.15, -0.1) is 0 Å². The van der Waals surface area contributed by atoms with E-state index in [2.05, 4.69) is 21.6 Å². The van der Waals surface area contributed by atoms with Gasteiger partial charge in [0.05, 0.1) is 12.7 Å². The first-order valence-electron chi connectivity index (χ1n) is 6.47. The monoisotopic (exact) mass is 299 g/mol. The molecule has 0 aliphatic heterocycles. The molecular formula is C17H14ClNO2. The Morgan fingerprint density at radius 1 is 1.24 bits per heavy atom. The first kappa shape index (κ1) is 15.1. The van der Waals surface area contributed by atoms with Crippen LogP contribution in [-0.4, -0.2) is 18.1 Å². The first-order valence-corrected chi connectivity index (χ1v) is 6.85. The highest BCUT2D eigenvalue weighted by molar-refractivity contribution is 6.30. The minimum atomic E-state index is -0.204. The topological polar surface area (TPSA) is 39.2 Å². The van der Waals surface area contributed by atoms with E-state index < -0.39 is 0 Å². The summed E-state index contributed by atoms with van der Waals surface area (Å²) >= 11 is 5.94. The zero-order valence-corrected chi connectivity index (χ0v) is 12.4. The van der Waals surface area contributed by atoms with Crippen molar-refractivity contribution in [3.63, 3.8) is 0 Å². The van der Waals surface area contributed by atoms with Crippen molar-refractivity contribution in [2.75, 3.05) is 7.11 Å². The van der Waals surface area contributed by atoms with Crippen molar-refractivity contribution in [2.24, 2.45) is 0 Å². The van der Waals surface area contributed by atoms with E-state index in [4.69, 9.17) is 11.6 Å². The summed E-state index contributed by atoms with van der Waals surface area (Å²) in [5.74, 6) is 5.82. The molecule has 0 fully saturated rings. The van der Waals surface area contributed by atoms with Crippen LogP contribution in [0, 0.1) is 11.8 Å². The summed E-state index contributed by atoms with van der Waals surface area (Å²) in [6.07, 6.45) is 2.67. The third-order valence-corrected chi connectivity index (χ3v) is 3.20. The van der Waals surface area contributed by atoms with Crippen molar-refractivity contribution in [1.82, 2.24) is 4.98 Å². The largest absolute Gasteiger partial charge is 0.469 e. The molecule has 4 heteroatoms. The highest BCUT2D eigenvalue weighted by atomic mass is 35.5. The van der Waals surface area contributed by atoms with Crippen molar-refractivity contribution in [1.29, 1.82) is 0 Å². The van der Waals surface area contributed by atoms with E-state index in [1.807, 2.05) is 30.3 Å². The highest BCUT2D eigenvalue weighted by Gasteiger charge is 2.01. The Labute approximate surface area is 128 Å². The summed E-state index contributed by atoms with van der Waals surface area (Å²) in [5.41, 5.74) is 2.66. The first-order chi connectivity index (χ1) is 10.2. The van der Waals surface area contributed by atoms with E-state index >= 15 is 0 Å². The average Bonchev–Trinajstić information content (AvgIpc) is 2.53. The molecule has 0 saturated heterocycles. The van der Waals surface area contributed by atoms with Gasteiger partial charge in [0.15, 0.2) is 0 Å². The molecule has 106 valence electrons. The predicted octanol–water partition coefficient (Wildman–Crippen LogP) is 3.24. The fourth-order valence-electron chi connectivity index (χ4n) is 1.72. The lowest BCUT2D eigenvalue weighted by molar-refractivity contribution is -0.140. The van der Waals surface area contributed by atoms with Crippen LogP contribution in [0.4, 0.5) is 0 Å².